The van der Waals surface area contributed by atoms with E-state index in [4.69, 9.17) is 4.42 Å². The Morgan fingerprint density at radius 2 is 1.83 bits per heavy atom. The molecule has 1 aromatic carbocycles. The van der Waals surface area contributed by atoms with Crippen molar-refractivity contribution in [2.75, 3.05) is 0 Å². The van der Waals surface area contributed by atoms with Gasteiger partial charge >= 0.3 is 0 Å². The summed E-state index contributed by atoms with van der Waals surface area (Å²) < 4.78 is 6.01. The lowest BCUT2D eigenvalue weighted by Gasteiger charge is -2.22. The van der Waals surface area contributed by atoms with E-state index in [1.165, 1.54) is 19.3 Å². The Hall–Kier alpha value is -1.57. The Labute approximate surface area is 107 Å². The Morgan fingerprint density at radius 1 is 1.11 bits per heavy atom. The smallest absolute Gasteiger partial charge is 0.195 e. The molecular weight excluding hydrogens is 224 g/mol. The summed E-state index contributed by atoms with van der Waals surface area (Å²) in [5.74, 6) is 1.37. The van der Waals surface area contributed by atoms with E-state index in [-0.39, 0.29) is 5.43 Å². The third kappa shape index (κ3) is 1.86. The first-order chi connectivity index (χ1) is 8.77. The molecule has 1 aliphatic rings. The topological polar surface area (TPSA) is 30.2 Å². The SMILES string of the molecule is Cc1c(C2CCCCC2)oc2ccccc2c1=O. The molecule has 3 rings (SSSR count). The Bertz CT molecular complexity index is 619. The molecule has 0 saturated heterocycles. The van der Waals surface area contributed by atoms with Crippen LogP contribution in [0, 0.1) is 6.92 Å². The van der Waals surface area contributed by atoms with Crippen molar-refractivity contribution in [1.82, 2.24) is 0 Å². The highest BCUT2D eigenvalue weighted by atomic mass is 16.3. The molecule has 1 fully saturated rings. The van der Waals surface area contributed by atoms with Crippen molar-refractivity contribution in [3.8, 4) is 0 Å². The summed E-state index contributed by atoms with van der Waals surface area (Å²) in [6.45, 7) is 1.90. The normalized spacial score (nSPS) is 17.2. The second kappa shape index (κ2) is 4.60. The minimum atomic E-state index is 0.137. The standard InChI is InChI=1S/C16H18O2/c1-11-15(17)13-9-5-6-10-14(13)18-16(11)12-7-3-2-4-8-12/h5-6,9-10,12H,2-4,7-8H2,1H3. The van der Waals surface area contributed by atoms with Gasteiger partial charge in [0, 0.05) is 11.5 Å². The van der Waals surface area contributed by atoms with E-state index in [0.717, 1.165) is 29.7 Å². The van der Waals surface area contributed by atoms with Crippen LogP contribution >= 0.6 is 0 Å². The van der Waals surface area contributed by atoms with Crippen LogP contribution in [0.1, 0.15) is 49.3 Å². The quantitative estimate of drug-likeness (QED) is 0.752. The molecule has 0 amide bonds. The van der Waals surface area contributed by atoms with E-state index in [1.807, 2.05) is 31.2 Å². The predicted octanol–water partition coefficient (Wildman–Crippen LogP) is 4.15. The molecule has 1 aromatic heterocycles. The molecule has 2 aromatic rings. The largest absolute Gasteiger partial charge is 0.460 e. The van der Waals surface area contributed by atoms with E-state index in [0.29, 0.717) is 11.3 Å². The van der Waals surface area contributed by atoms with Crippen LogP contribution in [0.15, 0.2) is 33.5 Å². The minimum absolute atomic E-state index is 0.137. The third-order valence-electron chi connectivity index (χ3n) is 4.04. The number of benzene rings is 1. The van der Waals surface area contributed by atoms with Gasteiger partial charge in [-0.1, -0.05) is 31.4 Å². The molecule has 1 saturated carbocycles. The molecule has 2 heteroatoms. The Kier molecular flexibility index (Phi) is 2.94. The fourth-order valence-corrected chi connectivity index (χ4v) is 3.01. The first kappa shape index (κ1) is 11.5. The highest BCUT2D eigenvalue weighted by Gasteiger charge is 2.22. The molecule has 1 heterocycles. The van der Waals surface area contributed by atoms with Crippen LogP contribution in [-0.4, -0.2) is 0 Å². The van der Waals surface area contributed by atoms with Crippen LogP contribution in [0.5, 0.6) is 0 Å². The number of fused-ring (bicyclic) bond motifs is 1. The summed E-state index contributed by atoms with van der Waals surface area (Å²) in [6, 6.07) is 7.55. The van der Waals surface area contributed by atoms with Gasteiger partial charge in [-0.3, -0.25) is 4.79 Å². The second-order valence-corrected chi connectivity index (χ2v) is 5.25. The van der Waals surface area contributed by atoms with Gasteiger partial charge in [-0.2, -0.15) is 0 Å². The van der Waals surface area contributed by atoms with Crippen molar-refractivity contribution >= 4 is 11.0 Å². The van der Waals surface area contributed by atoms with E-state index in [1.54, 1.807) is 0 Å². The predicted molar refractivity (Wildman–Crippen MR) is 73.0 cm³/mol. The van der Waals surface area contributed by atoms with Crippen LogP contribution in [0.3, 0.4) is 0 Å². The highest BCUT2D eigenvalue weighted by molar-refractivity contribution is 5.77. The zero-order valence-electron chi connectivity index (χ0n) is 10.7. The van der Waals surface area contributed by atoms with Gasteiger partial charge in [0.1, 0.15) is 11.3 Å². The Morgan fingerprint density at radius 3 is 2.61 bits per heavy atom. The van der Waals surface area contributed by atoms with Gasteiger partial charge in [0.05, 0.1) is 5.39 Å². The van der Waals surface area contributed by atoms with E-state index < -0.39 is 0 Å². The maximum Gasteiger partial charge on any atom is 0.195 e. The molecule has 0 spiro atoms. The minimum Gasteiger partial charge on any atom is -0.460 e. The lowest BCUT2D eigenvalue weighted by atomic mass is 9.85. The van der Waals surface area contributed by atoms with E-state index in [2.05, 4.69) is 0 Å². The van der Waals surface area contributed by atoms with Crippen LogP contribution in [0.2, 0.25) is 0 Å². The molecule has 0 bridgehead atoms. The zero-order chi connectivity index (χ0) is 12.5. The van der Waals surface area contributed by atoms with E-state index in [9.17, 15) is 4.79 Å². The Balaban J connectivity index is 2.17. The van der Waals surface area contributed by atoms with Crippen molar-refractivity contribution < 1.29 is 4.42 Å². The molecule has 0 unspecified atom stereocenters. The van der Waals surface area contributed by atoms with Gasteiger partial charge < -0.3 is 4.42 Å². The molecule has 0 aliphatic heterocycles. The average molecular weight is 242 g/mol. The van der Waals surface area contributed by atoms with Gasteiger partial charge in [0.15, 0.2) is 5.43 Å². The average Bonchev–Trinajstić information content (AvgIpc) is 2.44. The summed E-state index contributed by atoms with van der Waals surface area (Å²) in [7, 11) is 0. The molecular formula is C16H18O2. The van der Waals surface area contributed by atoms with Crippen LogP contribution < -0.4 is 5.43 Å². The summed E-state index contributed by atoms with van der Waals surface area (Å²) in [5.41, 5.74) is 1.67. The second-order valence-electron chi connectivity index (χ2n) is 5.25. The maximum absolute atomic E-state index is 12.3. The first-order valence-corrected chi connectivity index (χ1v) is 6.79. The molecule has 94 valence electrons. The van der Waals surface area contributed by atoms with Crippen LogP contribution in [0.4, 0.5) is 0 Å². The van der Waals surface area contributed by atoms with Gasteiger partial charge in [-0.15, -0.1) is 0 Å². The highest BCUT2D eigenvalue weighted by Crippen LogP contribution is 2.34. The van der Waals surface area contributed by atoms with Crippen molar-refractivity contribution in [3.63, 3.8) is 0 Å². The summed E-state index contributed by atoms with van der Waals surface area (Å²) in [6.07, 6.45) is 6.12. The molecule has 0 radical (unpaired) electrons. The molecule has 0 N–H and O–H groups in total. The van der Waals surface area contributed by atoms with Crippen molar-refractivity contribution in [2.24, 2.45) is 0 Å². The maximum atomic E-state index is 12.3. The number of para-hydroxylation sites is 1. The summed E-state index contributed by atoms with van der Waals surface area (Å²) in [5, 5.41) is 0.703. The van der Waals surface area contributed by atoms with Crippen molar-refractivity contribution in [2.45, 2.75) is 44.9 Å². The van der Waals surface area contributed by atoms with Crippen LogP contribution in [0.25, 0.3) is 11.0 Å². The van der Waals surface area contributed by atoms with Crippen molar-refractivity contribution in [1.29, 1.82) is 0 Å². The number of hydrogen-bond acceptors (Lipinski definition) is 2. The summed E-state index contributed by atoms with van der Waals surface area (Å²) >= 11 is 0. The van der Waals surface area contributed by atoms with Gasteiger partial charge in [-0.25, -0.2) is 0 Å². The van der Waals surface area contributed by atoms with E-state index >= 15 is 0 Å². The molecule has 18 heavy (non-hydrogen) atoms. The third-order valence-corrected chi connectivity index (χ3v) is 4.04. The van der Waals surface area contributed by atoms with Gasteiger partial charge in [0.25, 0.3) is 0 Å². The molecule has 2 nitrogen and oxygen atoms in total. The van der Waals surface area contributed by atoms with Gasteiger partial charge in [-0.05, 0) is 31.9 Å². The van der Waals surface area contributed by atoms with Crippen molar-refractivity contribution in [3.05, 3.63) is 45.8 Å². The van der Waals surface area contributed by atoms with Crippen LogP contribution in [-0.2, 0) is 0 Å². The number of hydrogen-bond donors (Lipinski definition) is 0. The fourth-order valence-electron chi connectivity index (χ4n) is 3.01. The van der Waals surface area contributed by atoms with Gasteiger partial charge in [0.2, 0.25) is 0 Å². The first-order valence-electron chi connectivity index (χ1n) is 6.79. The zero-order valence-corrected chi connectivity index (χ0v) is 10.7. The lowest BCUT2D eigenvalue weighted by molar-refractivity contribution is 0.377. The monoisotopic (exact) mass is 242 g/mol. The summed E-state index contributed by atoms with van der Waals surface area (Å²) in [4.78, 5) is 12.3. The number of rotatable bonds is 1. The lowest BCUT2D eigenvalue weighted by Crippen LogP contribution is -2.14. The molecule has 1 aliphatic carbocycles. The molecule has 0 atom stereocenters. The fraction of sp³-hybridized carbons (Fsp3) is 0.438.